The van der Waals surface area contributed by atoms with E-state index in [4.69, 9.17) is 21.1 Å². The largest absolute Gasteiger partial charge is 0.490 e. The molecule has 1 atom stereocenters. The van der Waals surface area contributed by atoms with Crippen molar-refractivity contribution < 1.29 is 14.3 Å². The molecule has 6 heteroatoms. The molecule has 2 aromatic carbocycles. The number of carbonyl (C=O) groups is 1. The van der Waals surface area contributed by atoms with Gasteiger partial charge in [0.1, 0.15) is 0 Å². The number of carbonyl (C=O) groups excluding carboxylic acids is 1. The van der Waals surface area contributed by atoms with Crippen LogP contribution in [-0.2, 0) is 17.6 Å². The number of ether oxygens (including phenoxy) is 2. The predicted molar refractivity (Wildman–Crippen MR) is 113 cm³/mol. The lowest BCUT2D eigenvalue weighted by Gasteiger charge is -2.24. The summed E-state index contributed by atoms with van der Waals surface area (Å²) >= 11 is 6.37. The summed E-state index contributed by atoms with van der Waals surface area (Å²) in [6, 6.07) is 11.7. The molecule has 1 aliphatic carbocycles. The Kier molecular flexibility index (Phi) is 4.84. The van der Waals surface area contributed by atoms with Crippen LogP contribution in [0.5, 0.6) is 11.5 Å². The second-order valence-electron chi connectivity index (χ2n) is 7.70. The van der Waals surface area contributed by atoms with Crippen LogP contribution in [0.25, 0.3) is 10.9 Å². The van der Waals surface area contributed by atoms with Crippen LogP contribution in [0.15, 0.2) is 36.4 Å². The van der Waals surface area contributed by atoms with Gasteiger partial charge in [0.2, 0.25) is 5.91 Å². The van der Waals surface area contributed by atoms with Crippen molar-refractivity contribution in [2.24, 2.45) is 0 Å². The summed E-state index contributed by atoms with van der Waals surface area (Å²) in [6.45, 7) is 1.29. The Labute approximate surface area is 174 Å². The Balaban J connectivity index is 1.34. The molecular formula is C23H23ClN2O3. The molecule has 5 rings (SSSR count). The standard InChI is InChI=1S/C23H23ClN2O3/c24-17-6-1-4-15-16-5-2-7-18(23(16)26-22(15)17)25-21(27)13-14-8-9-19-20(12-14)29-11-3-10-28-19/h1,4,6,8-9,12,18,26H,2-3,5,7,10-11,13H2,(H,25,27)/t18-/m0/s1. The first-order valence-electron chi connectivity index (χ1n) is 10.2. The highest BCUT2D eigenvalue weighted by molar-refractivity contribution is 6.35. The highest BCUT2D eigenvalue weighted by Crippen LogP contribution is 2.37. The number of hydrogen-bond donors (Lipinski definition) is 2. The number of rotatable bonds is 3. The zero-order valence-electron chi connectivity index (χ0n) is 16.1. The molecule has 1 aromatic heterocycles. The first-order valence-corrected chi connectivity index (χ1v) is 10.5. The van der Waals surface area contributed by atoms with Crippen molar-refractivity contribution in [3.8, 4) is 11.5 Å². The van der Waals surface area contributed by atoms with Gasteiger partial charge in [-0.1, -0.05) is 29.8 Å². The lowest BCUT2D eigenvalue weighted by Crippen LogP contribution is -2.32. The zero-order chi connectivity index (χ0) is 19.8. The summed E-state index contributed by atoms with van der Waals surface area (Å²) in [5.74, 6) is 1.47. The van der Waals surface area contributed by atoms with Crippen LogP contribution < -0.4 is 14.8 Å². The zero-order valence-corrected chi connectivity index (χ0v) is 16.8. The van der Waals surface area contributed by atoms with E-state index in [9.17, 15) is 4.79 Å². The van der Waals surface area contributed by atoms with Crippen LogP contribution in [0, 0.1) is 0 Å². The summed E-state index contributed by atoms with van der Waals surface area (Å²) in [6.07, 6.45) is 4.14. The Hall–Kier alpha value is -2.66. The maximum absolute atomic E-state index is 12.8. The molecule has 1 aliphatic heterocycles. The first kappa shape index (κ1) is 18.4. The highest BCUT2D eigenvalue weighted by atomic mass is 35.5. The Morgan fingerprint density at radius 2 is 2.00 bits per heavy atom. The Morgan fingerprint density at radius 1 is 1.14 bits per heavy atom. The number of aryl methyl sites for hydroxylation is 1. The third-order valence-electron chi connectivity index (χ3n) is 5.70. The fourth-order valence-corrected chi connectivity index (χ4v) is 4.57. The molecule has 29 heavy (non-hydrogen) atoms. The van der Waals surface area contributed by atoms with E-state index >= 15 is 0 Å². The molecule has 0 radical (unpaired) electrons. The van der Waals surface area contributed by atoms with E-state index in [-0.39, 0.29) is 11.9 Å². The van der Waals surface area contributed by atoms with Gasteiger partial charge in [0.05, 0.1) is 36.2 Å². The monoisotopic (exact) mass is 410 g/mol. The molecule has 0 spiro atoms. The molecule has 150 valence electrons. The minimum Gasteiger partial charge on any atom is -0.490 e. The molecule has 5 nitrogen and oxygen atoms in total. The number of fused-ring (bicyclic) bond motifs is 4. The second-order valence-corrected chi connectivity index (χ2v) is 8.11. The normalized spacial score (nSPS) is 18.2. The quantitative estimate of drug-likeness (QED) is 0.656. The summed E-state index contributed by atoms with van der Waals surface area (Å²) in [7, 11) is 0. The smallest absolute Gasteiger partial charge is 0.224 e. The highest BCUT2D eigenvalue weighted by Gasteiger charge is 2.26. The summed E-state index contributed by atoms with van der Waals surface area (Å²) < 4.78 is 11.4. The van der Waals surface area contributed by atoms with Gasteiger partial charge < -0.3 is 19.8 Å². The Bertz CT molecular complexity index is 1080. The van der Waals surface area contributed by atoms with Gasteiger partial charge >= 0.3 is 0 Å². The van der Waals surface area contributed by atoms with E-state index < -0.39 is 0 Å². The number of halogens is 1. The van der Waals surface area contributed by atoms with Crippen molar-refractivity contribution >= 4 is 28.4 Å². The topological polar surface area (TPSA) is 63.4 Å². The van der Waals surface area contributed by atoms with E-state index in [1.165, 1.54) is 5.56 Å². The van der Waals surface area contributed by atoms with Gasteiger partial charge in [-0.05, 0) is 48.6 Å². The van der Waals surface area contributed by atoms with Crippen molar-refractivity contribution in [2.75, 3.05) is 13.2 Å². The van der Waals surface area contributed by atoms with E-state index in [0.717, 1.165) is 59.3 Å². The Morgan fingerprint density at radius 3 is 2.90 bits per heavy atom. The number of amides is 1. The number of benzene rings is 2. The molecular weight excluding hydrogens is 388 g/mol. The lowest BCUT2D eigenvalue weighted by atomic mass is 9.91. The number of aromatic nitrogens is 1. The van der Waals surface area contributed by atoms with Gasteiger partial charge in [-0.2, -0.15) is 0 Å². The molecule has 0 bridgehead atoms. The van der Waals surface area contributed by atoms with Crippen molar-refractivity contribution in [1.29, 1.82) is 0 Å². The van der Waals surface area contributed by atoms with Crippen LogP contribution in [0.4, 0.5) is 0 Å². The lowest BCUT2D eigenvalue weighted by molar-refractivity contribution is -0.121. The van der Waals surface area contributed by atoms with Crippen LogP contribution in [0.3, 0.4) is 0 Å². The average Bonchev–Trinajstić information content (AvgIpc) is 2.95. The van der Waals surface area contributed by atoms with Crippen LogP contribution in [0.1, 0.15) is 42.1 Å². The van der Waals surface area contributed by atoms with Crippen LogP contribution >= 0.6 is 11.6 Å². The molecule has 2 N–H and O–H groups in total. The SMILES string of the molecule is O=C(Cc1ccc2c(c1)OCCCO2)N[C@H]1CCCc2c1[nH]c1c(Cl)cccc21. The second kappa shape index (κ2) is 7.64. The number of H-pyrrole nitrogens is 1. The number of aromatic amines is 1. The minimum atomic E-state index is -0.0184. The van der Waals surface area contributed by atoms with Crippen LogP contribution in [-0.4, -0.2) is 24.1 Å². The fraction of sp³-hybridized carbons (Fsp3) is 0.348. The molecule has 0 unspecified atom stereocenters. The molecule has 3 aromatic rings. The van der Waals surface area contributed by atoms with Crippen molar-refractivity contribution in [2.45, 2.75) is 38.1 Å². The summed E-state index contributed by atoms with van der Waals surface area (Å²) in [4.78, 5) is 16.3. The number of nitrogens with one attached hydrogen (secondary N) is 2. The van der Waals surface area contributed by atoms with E-state index in [0.29, 0.717) is 24.7 Å². The first-order chi connectivity index (χ1) is 14.2. The third kappa shape index (κ3) is 3.55. The van der Waals surface area contributed by atoms with Crippen molar-refractivity contribution in [3.05, 3.63) is 58.2 Å². The number of para-hydroxylation sites is 1. The molecule has 0 saturated carbocycles. The fourth-order valence-electron chi connectivity index (χ4n) is 4.34. The molecule has 2 heterocycles. The van der Waals surface area contributed by atoms with Gasteiger partial charge in [-0.3, -0.25) is 4.79 Å². The van der Waals surface area contributed by atoms with Crippen LogP contribution in [0.2, 0.25) is 5.02 Å². The van der Waals surface area contributed by atoms with Gasteiger partial charge in [0.25, 0.3) is 0 Å². The molecule has 0 fully saturated rings. The van der Waals surface area contributed by atoms with Gasteiger partial charge in [-0.25, -0.2) is 0 Å². The number of hydrogen-bond acceptors (Lipinski definition) is 3. The predicted octanol–water partition coefficient (Wildman–Crippen LogP) is 4.72. The third-order valence-corrected chi connectivity index (χ3v) is 6.02. The summed E-state index contributed by atoms with van der Waals surface area (Å²) in [5, 5.41) is 5.09. The van der Waals surface area contributed by atoms with E-state index in [1.807, 2.05) is 30.3 Å². The summed E-state index contributed by atoms with van der Waals surface area (Å²) in [5.41, 5.74) is 4.24. The van der Waals surface area contributed by atoms with Gasteiger partial charge in [0, 0.05) is 17.5 Å². The van der Waals surface area contributed by atoms with Gasteiger partial charge in [0.15, 0.2) is 11.5 Å². The van der Waals surface area contributed by atoms with Gasteiger partial charge in [-0.15, -0.1) is 0 Å². The van der Waals surface area contributed by atoms with E-state index in [2.05, 4.69) is 16.4 Å². The van der Waals surface area contributed by atoms with E-state index in [1.54, 1.807) is 0 Å². The van der Waals surface area contributed by atoms with Crippen molar-refractivity contribution in [1.82, 2.24) is 10.3 Å². The minimum absolute atomic E-state index is 0.00194. The maximum Gasteiger partial charge on any atom is 0.224 e. The molecule has 1 amide bonds. The van der Waals surface area contributed by atoms with Crippen molar-refractivity contribution in [3.63, 3.8) is 0 Å². The molecule has 2 aliphatic rings. The average molecular weight is 411 g/mol. The maximum atomic E-state index is 12.8. The molecule has 0 saturated heterocycles.